The number of carboxylic acids is 1. The van der Waals surface area contributed by atoms with Crippen molar-refractivity contribution < 1.29 is 24.2 Å². The van der Waals surface area contributed by atoms with Crippen molar-refractivity contribution in [2.45, 2.75) is 83.0 Å². The number of aliphatic carboxylic acids is 1. The second kappa shape index (κ2) is 10.8. The first-order valence-corrected chi connectivity index (χ1v) is 11.4. The average Bonchev–Trinajstić information content (AvgIpc) is 3.16. The summed E-state index contributed by atoms with van der Waals surface area (Å²) in [6, 6.07) is 7.75. The normalized spacial score (nSPS) is 24.8. The molecule has 1 amide bonds. The van der Waals surface area contributed by atoms with Gasteiger partial charge in [0.05, 0.1) is 12.6 Å². The van der Waals surface area contributed by atoms with E-state index < -0.39 is 24.1 Å². The molecule has 2 fully saturated rings. The van der Waals surface area contributed by atoms with Gasteiger partial charge in [0.1, 0.15) is 12.1 Å². The molecule has 1 aliphatic heterocycles. The number of likely N-dealkylation sites (tertiary alicyclic amines) is 1. The number of carbonyl (C=O) groups is 3. The maximum absolute atomic E-state index is 13.4. The number of ether oxygens (including phenoxy) is 1. The Bertz CT molecular complexity index is 768. The van der Waals surface area contributed by atoms with Gasteiger partial charge < -0.3 is 14.7 Å². The summed E-state index contributed by atoms with van der Waals surface area (Å²) >= 11 is 0. The first-order valence-electron chi connectivity index (χ1n) is 11.4. The van der Waals surface area contributed by atoms with E-state index in [1.54, 1.807) is 18.7 Å². The van der Waals surface area contributed by atoms with Gasteiger partial charge in [-0.05, 0) is 57.4 Å². The van der Waals surface area contributed by atoms with Crippen LogP contribution in [-0.2, 0) is 25.5 Å². The summed E-state index contributed by atoms with van der Waals surface area (Å²) in [7, 11) is 0. The molecule has 1 aromatic carbocycles. The van der Waals surface area contributed by atoms with Gasteiger partial charge in [-0.15, -0.1) is 0 Å². The Kier molecular flexibility index (Phi) is 8.07. The summed E-state index contributed by atoms with van der Waals surface area (Å²) in [5.74, 6) is -1.31. The number of carbonyl (C=O) groups excluding carboxylic acids is 2. The molecule has 0 bridgehead atoms. The lowest BCUT2D eigenvalue weighted by molar-refractivity contribution is -0.152. The van der Waals surface area contributed by atoms with Crippen molar-refractivity contribution >= 4 is 17.8 Å². The fraction of sp³-hybridized carbons (Fsp3) is 0.625. The van der Waals surface area contributed by atoms with Crippen LogP contribution in [0.15, 0.2) is 30.3 Å². The molecule has 31 heavy (non-hydrogen) atoms. The molecule has 0 spiro atoms. The van der Waals surface area contributed by atoms with E-state index in [0.29, 0.717) is 19.3 Å². The first-order chi connectivity index (χ1) is 14.9. The van der Waals surface area contributed by atoms with Crippen molar-refractivity contribution in [1.29, 1.82) is 0 Å². The number of benzene rings is 1. The van der Waals surface area contributed by atoms with E-state index in [2.05, 4.69) is 5.32 Å². The van der Waals surface area contributed by atoms with E-state index in [4.69, 9.17) is 4.74 Å². The lowest BCUT2D eigenvalue weighted by atomic mass is 9.84. The molecule has 5 atom stereocenters. The zero-order valence-corrected chi connectivity index (χ0v) is 18.5. The number of hydrogen-bond acceptors (Lipinski definition) is 5. The molecule has 1 heterocycles. The Morgan fingerprint density at radius 2 is 1.90 bits per heavy atom. The Hall–Kier alpha value is -2.41. The van der Waals surface area contributed by atoms with Crippen molar-refractivity contribution in [3.8, 4) is 0 Å². The van der Waals surface area contributed by atoms with Crippen molar-refractivity contribution in [3.05, 3.63) is 35.9 Å². The van der Waals surface area contributed by atoms with Gasteiger partial charge in [-0.2, -0.15) is 0 Å². The molecule has 1 saturated carbocycles. The average molecular weight is 431 g/mol. The Morgan fingerprint density at radius 1 is 1.19 bits per heavy atom. The highest BCUT2D eigenvalue weighted by atomic mass is 16.5. The number of amides is 1. The lowest BCUT2D eigenvalue weighted by Crippen LogP contribution is -2.55. The van der Waals surface area contributed by atoms with Crippen LogP contribution in [0.3, 0.4) is 0 Å². The topological polar surface area (TPSA) is 95.9 Å². The van der Waals surface area contributed by atoms with E-state index in [0.717, 1.165) is 31.2 Å². The van der Waals surface area contributed by atoms with E-state index in [1.807, 2.05) is 30.3 Å². The number of rotatable bonds is 9. The largest absolute Gasteiger partial charge is 0.480 e. The standard InChI is InChI=1S/C24H34N2O5/c1-3-31-24(30)19(14-13-17-9-5-4-6-10-17)25-16(2)22(27)26-20-12-8-7-11-18(20)15-21(26)23(28)29/h4-6,9-10,16,18-21,25H,3,7-8,11-15H2,1-2H3,(H,28,29)/t16-,18?,19+,20?,21+/m1/s1. The molecule has 1 saturated heterocycles. The summed E-state index contributed by atoms with van der Waals surface area (Å²) < 4.78 is 5.22. The van der Waals surface area contributed by atoms with Crippen LogP contribution in [-0.4, -0.2) is 58.6 Å². The number of nitrogens with zero attached hydrogens (tertiary/aromatic N) is 1. The number of aryl methyl sites for hydroxylation is 1. The fourth-order valence-electron chi connectivity index (χ4n) is 5.06. The van der Waals surface area contributed by atoms with Crippen LogP contribution >= 0.6 is 0 Å². The molecule has 0 aromatic heterocycles. The van der Waals surface area contributed by atoms with Crippen molar-refractivity contribution in [2.75, 3.05) is 6.61 Å². The molecular weight excluding hydrogens is 396 g/mol. The van der Waals surface area contributed by atoms with E-state index in [9.17, 15) is 19.5 Å². The monoisotopic (exact) mass is 430 g/mol. The predicted molar refractivity (Wildman–Crippen MR) is 116 cm³/mol. The zero-order chi connectivity index (χ0) is 22.4. The second-order valence-corrected chi connectivity index (χ2v) is 8.66. The summed E-state index contributed by atoms with van der Waals surface area (Å²) in [5, 5.41) is 12.9. The molecule has 1 aliphatic carbocycles. The highest BCUT2D eigenvalue weighted by molar-refractivity contribution is 5.88. The lowest BCUT2D eigenvalue weighted by Gasteiger charge is -2.35. The number of fused-ring (bicyclic) bond motifs is 1. The van der Waals surface area contributed by atoms with Gasteiger partial charge in [0.25, 0.3) is 0 Å². The summed E-state index contributed by atoms with van der Waals surface area (Å²) in [4.78, 5) is 39.3. The smallest absolute Gasteiger partial charge is 0.326 e. The van der Waals surface area contributed by atoms with Gasteiger partial charge in [0, 0.05) is 6.04 Å². The molecule has 0 radical (unpaired) electrons. The fourth-order valence-corrected chi connectivity index (χ4v) is 5.06. The van der Waals surface area contributed by atoms with Gasteiger partial charge >= 0.3 is 11.9 Å². The Morgan fingerprint density at radius 3 is 2.58 bits per heavy atom. The zero-order valence-electron chi connectivity index (χ0n) is 18.5. The van der Waals surface area contributed by atoms with Crippen molar-refractivity contribution in [2.24, 2.45) is 5.92 Å². The first kappa shape index (κ1) is 23.3. The van der Waals surface area contributed by atoms with Crippen LogP contribution in [0, 0.1) is 5.92 Å². The molecule has 2 N–H and O–H groups in total. The van der Waals surface area contributed by atoms with Crippen LogP contribution in [0.5, 0.6) is 0 Å². The Balaban J connectivity index is 1.70. The molecule has 1 aromatic rings. The van der Waals surface area contributed by atoms with Crippen LogP contribution in [0.25, 0.3) is 0 Å². The van der Waals surface area contributed by atoms with Gasteiger partial charge in [0.15, 0.2) is 0 Å². The van der Waals surface area contributed by atoms with E-state index in [1.165, 1.54) is 0 Å². The third kappa shape index (κ3) is 5.64. The summed E-state index contributed by atoms with van der Waals surface area (Å²) in [6.45, 7) is 3.74. The summed E-state index contributed by atoms with van der Waals surface area (Å²) in [5.41, 5.74) is 1.10. The molecular formula is C24H34N2O5. The SMILES string of the molecule is CCOC(=O)[C@H](CCc1ccccc1)N[C@H](C)C(=O)N1C2CCCCC2C[C@H]1C(=O)O. The third-order valence-electron chi connectivity index (χ3n) is 6.58. The molecule has 2 aliphatic rings. The number of nitrogens with one attached hydrogen (secondary N) is 1. The van der Waals surface area contributed by atoms with Gasteiger partial charge in [-0.1, -0.05) is 43.2 Å². The number of carboxylic acid groups (broad SMARTS) is 1. The molecule has 3 rings (SSSR count). The predicted octanol–water partition coefficient (Wildman–Crippen LogP) is 2.77. The van der Waals surface area contributed by atoms with Crippen LogP contribution < -0.4 is 5.32 Å². The second-order valence-electron chi connectivity index (χ2n) is 8.66. The minimum absolute atomic E-state index is 0.0167. The van der Waals surface area contributed by atoms with Gasteiger partial charge in [-0.3, -0.25) is 14.9 Å². The van der Waals surface area contributed by atoms with Crippen LogP contribution in [0.1, 0.15) is 57.9 Å². The summed E-state index contributed by atoms with van der Waals surface area (Å²) in [6.07, 6.45) is 5.62. The van der Waals surface area contributed by atoms with Crippen LogP contribution in [0.2, 0.25) is 0 Å². The molecule has 170 valence electrons. The molecule has 7 heteroatoms. The highest BCUT2D eigenvalue weighted by Gasteiger charge is 2.48. The minimum atomic E-state index is -0.944. The van der Waals surface area contributed by atoms with Crippen LogP contribution in [0.4, 0.5) is 0 Å². The van der Waals surface area contributed by atoms with E-state index in [-0.39, 0.29) is 30.4 Å². The van der Waals surface area contributed by atoms with E-state index >= 15 is 0 Å². The quantitative estimate of drug-likeness (QED) is 0.585. The van der Waals surface area contributed by atoms with Crippen molar-refractivity contribution in [3.63, 3.8) is 0 Å². The minimum Gasteiger partial charge on any atom is -0.480 e. The molecule has 7 nitrogen and oxygen atoms in total. The van der Waals surface area contributed by atoms with Crippen molar-refractivity contribution in [1.82, 2.24) is 10.2 Å². The number of hydrogen-bond donors (Lipinski definition) is 2. The van der Waals surface area contributed by atoms with Gasteiger partial charge in [0.2, 0.25) is 5.91 Å². The maximum atomic E-state index is 13.4. The van der Waals surface area contributed by atoms with Gasteiger partial charge in [-0.25, -0.2) is 4.79 Å². The molecule has 2 unspecified atom stereocenters. The maximum Gasteiger partial charge on any atom is 0.326 e. The number of esters is 1. The third-order valence-corrected chi connectivity index (χ3v) is 6.58. The Labute approximate surface area is 184 Å². The highest BCUT2D eigenvalue weighted by Crippen LogP contribution is 2.40.